The van der Waals surface area contributed by atoms with E-state index in [4.69, 9.17) is 4.74 Å². The van der Waals surface area contributed by atoms with Crippen LogP contribution in [-0.4, -0.2) is 31.5 Å². The molecule has 1 N–H and O–H groups in total. The Hall–Kier alpha value is -3.82. The topological polar surface area (TPSA) is 85.7 Å². The number of nitrogens with one attached hydrogen (secondary N) is 1. The van der Waals surface area contributed by atoms with Crippen LogP contribution in [0.4, 0.5) is 19.0 Å². The van der Waals surface area contributed by atoms with E-state index >= 15 is 0 Å². The Morgan fingerprint density at radius 3 is 2.52 bits per heavy atom. The third-order valence-corrected chi connectivity index (χ3v) is 3.97. The molecule has 0 amide bonds. The van der Waals surface area contributed by atoms with E-state index in [2.05, 4.69) is 30.2 Å². The van der Waals surface area contributed by atoms with Gasteiger partial charge in [0.05, 0.1) is 0 Å². The van der Waals surface area contributed by atoms with Crippen molar-refractivity contribution in [2.24, 2.45) is 0 Å². The van der Waals surface area contributed by atoms with E-state index in [0.717, 1.165) is 5.56 Å². The SMILES string of the molecule is Fc1cc(F)c(Oc2ccc(CCNc3ncnc4nccnc34)cc2)nc1F. The number of halogens is 3. The van der Waals surface area contributed by atoms with Crippen LogP contribution in [0.25, 0.3) is 11.2 Å². The largest absolute Gasteiger partial charge is 0.436 e. The average Bonchev–Trinajstić information content (AvgIpc) is 2.73. The standard InChI is InChI=1S/C19H13F3N6O/c20-13-9-14(21)19(28-16(13)22)29-12-3-1-11(2-4-12)5-6-24-17-15-18(27-10-26-17)25-8-7-23-15/h1-4,7-10H,5-6H2,(H,24,25,26,27). The fourth-order valence-electron chi connectivity index (χ4n) is 2.59. The Kier molecular flexibility index (Phi) is 5.14. The fraction of sp³-hybridized carbons (Fsp3) is 0.105. The first-order valence-electron chi connectivity index (χ1n) is 8.54. The number of pyridine rings is 1. The molecular weight excluding hydrogens is 385 g/mol. The maximum atomic E-state index is 13.6. The lowest BCUT2D eigenvalue weighted by atomic mass is 10.1. The number of aromatic nitrogens is 5. The van der Waals surface area contributed by atoms with Crippen molar-refractivity contribution in [1.29, 1.82) is 0 Å². The zero-order valence-electron chi connectivity index (χ0n) is 14.8. The number of fused-ring (bicyclic) bond motifs is 1. The van der Waals surface area contributed by atoms with Crippen LogP contribution in [0.15, 0.2) is 49.1 Å². The van der Waals surface area contributed by atoms with Crippen molar-refractivity contribution in [1.82, 2.24) is 24.9 Å². The molecule has 146 valence electrons. The van der Waals surface area contributed by atoms with Gasteiger partial charge in [0.25, 0.3) is 11.8 Å². The summed E-state index contributed by atoms with van der Waals surface area (Å²) in [5, 5.41) is 3.19. The fourth-order valence-corrected chi connectivity index (χ4v) is 2.59. The van der Waals surface area contributed by atoms with Crippen LogP contribution in [0.5, 0.6) is 11.6 Å². The van der Waals surface area contributed by atoms with Gasteiger partial charge in [-0.1, -0.05) is 12.1 Å². The lowest BCUT2D eigenvalue weighted by molar-refractivity contribution is 0.387. The molecule has 4 aromatic rings. The molecule has 0 fully saturated rings. The van der Waals surface area contributed by atoms with Crippen molar-refractivity contribution in [2.45, 2.75) is 6.42 Å². The van der Waals surface area contributed by atoms with Crippen molar-refractivity contribution in [3.8, 4) is 11.6 Å². The second-order valence-corrected chi connectivity index (χ2v) is 5.92. The third-order valence-electron chi connectivity index (χ3n) is 3.97. The lowest BCUT2D eigenvalue weighted by Gasteiger charge is -2.09. The maximum Gasteiger partial charge on any atom is 0.258 e. The highest BCUT2D eigenvalue weighted by Crippen LogP contribution is 2.24. The summed E-state index contributed by atoms with van der Waals surface area (Å²) in [7, 11) is 0. The van der Waals surface area contributed by atoms with Gasteiger partial charge >= 0.3 is 0 Å². The van der Waals surface area contributed by atoms with Gasteiger partial charge in [0.1, 0.15) is 17.6 Å². The molecule has 0 aliphatic carbocycles. The van der Waals surface area contributed by atoms with Crippen LogP contribution in [0.2, 0.25) is 0 Å². The molecule has 7 nitrogen and oxygen atoms in total. The van der Waals surface area contributed by atoms with Gasteiger partial charge in [-0.05, 0) is 24.1 Å². The highest BCUT2D eigenvalue weighted by molar-refractivity contribution is 5.81. The van der Waals surface area contributed by atoms with Gasteiger partial charge in [0, 0.05) is 25.0 Å². The Bertz CT molecular complexity index is 1150. The predicted octanol–water partition coefficient (Wildman–Crippen LogP) is 3.68. The first-order valence-corrected chi connectivity index (χ1v) is 8.54. The number of hydrogen-bond acceptors (Lipinski definition) is 7. The molecule has 0 unspecified atom stereocenters. The van der Waals surface area contributed by atoms with E-state index < -0.39 is 23.5 Å². The molecule has 1 aromatic carbocycles. The van der Waals surface area contributed by atoms with Crippen molar-refractivity contribution >= 4 is 17.0 Å². The molecule has 3 aromatic heterocycles. The highest BCUT2D eigenvalue weighted by atomic mass is 19.2. The average molecular weight is 398 g/mol. The van der Waals surface area contributed by atoms with Crippen LogP contribution < -0.4 is 10.1 Å². The molecule has 0 bridgehead atoms. The zero-order valence-corrected chi connectivity index (χ0v) is 14.8. The molecular formula is C19H13F3N6O. The third kappa shape index (κ3) is 4.21. The molecule has 29 heavy (non-hydrogen) atoms. The number of rotatable bonds is 6. The normalized spacial score (nSPS) is 10.9. The first-order chi connectivity index (χ1) is 14.1. The highest BCUT2D eigenvalue weighted by Gasteiger charge is 2.13. The molecule has 0 spiro atoms. The molecule has 0 saturated carbocycles. The van der Waals surface area contributed by atoms with E-state index in [1.165, 1.54) is 6.33 Å². The smallest absolute Gasteiger partial charge is 0.258 e. The van der Waals surface area contributed by atoms with Crippen LogP contribution in [0.3, 0.4) is 0 Å². The Labute approximate surface area is 162 Å². The van der Waals surface area contributed by atoms with Crippen LogP contribution in [-0.2, 0) is 6.42 Å². The van der Waals surface area contributed by atoms with Crippen molar-refractivity contribution in [3.63, 3.8) is 0 Å². The minimum Gasteiger partial charge on any atom is -0.436 e. The second kappa shape index (κ2) is 8.05. The minimum atomic E-state index is -1.42. The molecule has 0 radical (unpaired) electrons. The van der Waals surface area contributed by atoms with Gasteiger partial charge in [-0.15, -0.1) is 0 Å². The molecule has 0 saturated heterocycles. The van der Waals surface area contributed by atoms with E-state index in [-0.39, 0.29) is 5.75 Å². The van der Waals surface area contributed by atoms with Gasteiger partial charge in [0.2, 0.25) is 0 Å². The van der Waals surface area contributed by atoms with Crippen LogP contribution in [0.1, 0.15) is 5.56 Å². The molecule has 4 rings (SSSR count). The first kappa shape index (κ1) is 18.5. The summed E-state index contributed by atoms with van der Waals surface area (Å²) < 4.78 is 44.9. The summed E-state index contributed by atoms with van der Waals surface area (Å²) in [6.45, 7) is 0.572. The van der Waals surface area contributed by atoms with Crippen molar-refractivity contribution in [2.75, 3.05) is 11.9 Å². The van der Waals surface area contributed by atoms with E-state index in [1.54, 1.807) is 36.7 Å². The maximum absolute atomic E-state index is 13.6. The monoisotopic (exact) mass is 398 g/mol. The Balaban J connectivity index is 1.38. The molecule has 10 heteroatoms. The molecule has 0 aliphatic heterocycles. The van der Waals surface area contributed by atoms with Gasteiger partial charge < -0.3 is 10.1 Å². The van der Waals surface area contributed by atoms with Crippen molar-refractivity contribution in [3.05, 3.63) is 72.2 Å². The van der Waals surface area contributed by atoms with Crippen molar-refractivity contribution < 1.29 is 17.9 Å². The Morgan fingerprint density at radius 2 is 1.69 bits per heavy atom. The molecule has 3 heterocycles. The van der Waals surface area contributed by atoms with E-state index in [0.29, 0.717) is 36.0 Å². The second-order valence-electron chi connectivity index (χ2n) is 5.92. The number of ether oxygens (including phenoxy) is 1. The van der Waals surface area contributed by atoms with E-state index in [1.807, 2.05) is 0 Å². The molecule has 0 aliphatic rings. The summed E-state index contributed by atoms with van der Waals surface area (Å²) in [4.78, 5) is 19.7. The number of nitrogens with zero attached hydrogens (tertiary/aromatic N) is 5. The van der Waals surface area contributed by atoms with Crippen LogP contribution >= 0.6 is 0 Å². The van der Waals surface area contributed by atoms with Gasteiger partial charge in [-0.2, -0.15) is 9.37 Å². The Morgan fingerprint density at radius 1 is 0.897 bits per heavy atom. The van der Waals surface area contributed by atoms with E-state index in [9.17, 15) is 13.2 Å². The van der Waals surface area contributed by atoms with Gasteiger partial charge in [-0.25, -0.2) is 28.7 Å². The summed E-state index contributed by atoms with van der Waals surface area (Å²) in [6, 6.07) is 7.10. The molecule has 0 atom stereocenters. The quantitative estimate of drug-likeness (QED) is 0.496. The number of benzene rings is 1. The predicted molar refractivity (Wildman–Crippen MR) is 97.9 cm³/mol. The van der Waals surface area contributed by atoms with Gasteiger partial charge in [-0.3, -0.25) is 0 Å². The zero-order chi connectivity index (χ0) is 20.2. The number of anilines is 1. The minimum absolute atomic E-state index is 0.246. The number of hydrogen-bond donors (Lipinski definition) is 1. The summed E-state index contributed by atoms with van der Waals surface area (Å²) >= 11 is 0. The lowest BCUT2D eigenvalue weighted by Crippen LogP contribution is -2.08. The summed E-state index contributed by atoms with van der Waals surface area (Å²) in [6.07, 6.45) is 5.20. The van der Waals surface area contributed by atoms with Gasteiger partial charge in [0.15, 0.2) is 23.1 Å². The van der Waals surface area contributed by atoms with Crippen LogP contribution in [0, 0.1) is 17.6 Å². The summed E-state index contributed by atoms with van der Waals surface area (Å²) in [5.74, 6) is -3.68. The summed E-state index contributed by atoms with van der Waals surface area (Å²) in [5.41, 5.74) is 2.05.